The van der Waals surface area contributed by atoms with Crippen molar-refractivity contribution in [2.75, 3.05) is 0 Å². The van der Waals surface area contributed by atoms with Crippen molar-refractivity contribution >= 4 is 33.1 Å². The topological polar surface area (TPSA) is 38.7 Å². The molecule has 0 N–H and O–H groups in total. The van der Waals surface area contributed by atoms with Gasteiger partial charge in [0, 0.05) is 11.1 Å². The van der Waals surface area contributed by atoms with E-state index >= 15 is 0 Å². The number of nitrogens with zero attached hydrogens (tertiary/aromatic N) is 3. The zero-order chi connectivity index (χ0) is 18.2. The Bertz CT molecular complexity index is 1190. The Labute approximate surface area is 161 Å². The molecule has 5 aromatic rings. The number of hydrogen-bond donors (Lipinski definition) is 0. The summed E-state index contributed by atoms with van der Waals surface area (Å²) < 4.78 is 0. The van der Waals surface area contributed by atoms with Gasteiger partial charge in [-0.3, -0.25) is 0 Å². The Morgan fingerprint density at radius 3 is 1.48 bits per heavy atom. The second-order valence-corrected chi connectivity index (χ2v) is 6.73. The van der Waals surface area contributed by atoms with Crippen LogP contribution in [0.25, 0.3) is 44.1 Å². The quantitative estimate of drug-likeness (QED) is 0.374. The molecule has 0 atom stereocenters. The molecule has 0 saturated heterocycles. The van der Waals surface area contributed by atoms with Crippen molar-refractivity contribution in [1.82, 2.24) is 15.4 Å². The maximum atomic E-state index is 6.81. The highest BCUT2D eigenvalue weighted by atomic mass is 35.5. The number of hydrogen-bond acceptors (Lipinski definition) is 3. The number of rotatable bonds is 2. The lowest BCUT2D eigenvalue weighted by molar-refractivity contribution is 0.878. The molecule has 1 heterocycles. The number of halogens is 1. The molecule has 0 aliphatic heterocycles. The van der Waals surface area contributed by atoms with E-state index in [2.05, 4.69) is 51.8 Å². The van der Waals surface area contributed by atoms with Crippen molar-refractivity contribution in [3.8, 4) is 22.5 Å². The van der Waals surface area contributed by atoms with Gasteiger partial charge in [-0.1, -0.05) is 96.5 Å². The molecule has 0 saturated carbocycles. The third kappa shape index (κ3) is 2.64. The van der Waals surface area contributed by atoms with Gasteiger partial charge in [-0.05, 0) is 26.8 Å². The molecule has 0 amide bonds. The molecule has 0 fully saturated rings. The highest BCUT2D eigenvalue weighted by Gasteiger charge is 2.17. The van der Waals surface area contributed by atoms with E-state index in [1.54, 1.807) is 0 Å². The first kappa shape index (κ1) is 15.9. The Balaban J connectivity index is 1.78. The molecule has 3 nitrogen and oxygen atoms in total. The van der Waals surface area contributed by atoms with E-state index in [0.29, 0.717) is 16.4 Å². The highest BCUT2D eigenvalue weighted by Crippen LogP contribution is 2.38. The molecule has 5 rings (SSSR count). The van der Waals surface area contributed by atoms with E-state index in [0.717, 1.165) is 32.7 Å². The molecule has 0 unspecified atom stereocenters. The minimum absolute atomic E-state index is 0.512. The van der Waals surface area contributed by atoms with Crippen LogP contribution in [-0.2, 0) is 0 Å². The molecular formula is C23H14ClN3. The number of fused-ring (bicyclic) bond motifs is 2. The highest BCUT2D eigenvalue weighted by molar-refractivity contribution is 6.36. The fraction of sp³-hybridized carbons (Fsp3) is 0. The predicted octanol–water partition coefficient (Wildman–Crippen LogP) is 6.17. The van der Waals surface area contributed by atoms with Gasteiger partial charge in [0.25, 0.3) is 0 Å². The summed E-state index contributed by atoms with van der Waals surface area (Å²) in [4.78, 5) is 0. The molecular weight excluding hydrogens is 354 g/mol. The molecule has 27 heavy (non-hydrogen) atoms. The smallest absolute Gasteiger partial charge is 0.116 e. The van der Waals surface area contributed by atoms with E-state index in [1.165, 1.54) is 0 Å². The average molecular weight is 368 g/mol. The van der Waals surface area contributed by atoms with Crippen molar-refractivity contribution in [3.63, 3.8) is 0 Å². The van der Waals surface area contributed by atoms with Crippen LogP contribution in [0.2, 0.25) is 5.02 Å². The van der Waals surface area contributed by atoms with Crippen LogP contribution in [0.3, 0.4) is 0 Å². The largest absolute Gasteiger partial charge is 0.128 e. The minimum atomic E-state index is 0.512. The van der Waals surface area contributed by atoms with E-state index in [4.69, 9.17) is 11.6 Å². The van der Waals surface area contributed by atoms with Crippen molar-refractivity contribution in [3.05, 3.63) is 90.0 Å². The Kier molecular flexibility index (Phi) is 3.80. The van der Waals surface area contributed by atoms with E-state index in [9.17, 15) is 0 Å². The van der Waals surface area contributed by atoms with Crippen molar-refractivity contribution in [1.29, 1.82) is 0 Å². The number of benzene rings is 4. The number of aromatic nitrogens is 3. The van der Waals surface area contributed by atoms with Crippen LogP contribution in [0.15, 0.2) is 84.9 Å². The van der Waals surface area contributed by atoms with Crippen LogP contribution in [0, 0.1) is 0 Å². The first-order valence-electron chi connectivity index (χ1n) is 8.68. The molecule has 0 spiro atoms. The molecule has 1 aromatic heterocycles. The Morgan fingerprint density at radius 1 is 0.519 bits per heavy atom. The van der Waals surface area contributed by atoms with Gasteiger partial charge in [-0.2, -0.15) is 0 Å². The fourth-order valence-corrected chi connectivity index (χ4v) is 3.80. The van der Waals surface area contributed by atoms with Crippen LogP contribution in [0.1, 0.15) is 0 Å². The second-order valence-electron chi connectivity index (χ2n) is 6.35. The fourth-order valence-electron chi connectivity index (χ4n) is 3.52. The summed E-state index contributed by atoms with van der Waals surface area (Å²) >= 11 is 6.81. The summed E-state index contributed by atoms with van der Waals surface area (Å²) in [7, 11) is 0. The molecule has 0 bridgehead atoms. The summed E-state index contributed by atoms with van der Waals surface area (Å²) in [6.07, 6.45) is 0. The van der Waals surface area contributed by atoms with E-state index < -0.39 is 0 Å². The first-order chi connectivity index (χ1) is 13.3. The van der Waals surface area contributed by atoms with Crippen LogP contribution in [-0.4, -0.2) is 15.4 Å². The molecule has 0 aliphatic carbocycles. The van der Waals surface area contributed by atoms with Gasteiger partial charge in [-0.25, -0.2) is 0 Å². The lowest BCUT2D eigenvalue weighted by atomic mass is 9.99. The van der Waals surface area contributed by atoms with Crippen LogP contribution in [0.5, 0.6) is 0 Å². The van der Waals surface area contributed by atoms with Gasteiger partial charge in [0.2, 0.25) is 0 Å². The van der Waals surface area contributed by atoms with Crippen molar-refractivity contribution < 1.29 is 0 Å². The first-order valence-corrected chi connectivity index (χ1v) is 9.06. The van der Waals surface area contributed by atoms with Gasteiger partial charge < -0.3 is 0 Å². The van der Waals surface area contributed by atoms with Gasteiger partial charge in [0.1, 0.15) is 11.4 Å². The Morgan fingerprint density at radius 2 is 0.963 bits per heavy atom. The van der Waals surface area contributed by atoms with Gasteiger partial charge >= 0.3 is 0 Å². The standard InChI is InChI=1S/C23H14ClN3/c24-21-22(19-13-5-9-15-7-1-3-11-17(15)19)25-27-26-23(21)20-14-6-10-16-8-2-4-12-18(16)20/h1-14H. The lowest BCUT2D eigenvalue weighted by Gasteiger charge is -2.11. The van der Waals surface area contributed by atoms with Crippen molar-refractivity contribution in [2.45, 2.75) is 0 Å². The van der Waals surface area contributed by atoms with Crippen molar-refractivity contribution in [2.24, 2.45) is 0 Å². The summed E-state index contributed by atoms with van der Waals surface area (Å²) in [5.41, 5.74) is 3.20. The molecule has 0 radical (unpaired) electrons. The van der Waals surface area contributed by atoms with Gasteiger partial charge in [0.15, 0.2) is 0 Å². The monoisotopic (exact) mass is 367 g/mol. The predicted molar refractivity (Wildman–Crippen MR) is 111 cm³/mol. The van der Waals surface area contributed by atoms with Crippen LogP contribution < -0.4 is 0 Å². The SMILES string of the molecule is Clc1c(-c2cccc3ccccc23)nnnc1-c1cccc2ccccc12. The summed E-state index contributed by atoms with van der Waals surface area (Å²) in [5.74, 6) is 0. The van der Waals surface area contributed by atoms with Gasteiger partial charge in [-0.15, -0.1) is 10.2 Å². The third-order valence-electron chi connectivity index (χ3n) is 4.79. The normalized spacial score (nSPS) is 11.1. The summed E-state index contributed by atoms with van der Waals surface area (Å²) in [6.45, 7) is 0. The zero-order valence-corrected chi connectivity index (χ0v) is 15.1. The molecule has 4 aromatic carbocycles. The lowest BCUT2D eigenvalue weighted by Crippen LogP contribution is -1.98. The summed E-state index contributed by atoms with van der Waals surface area (Å²) in [5, 5.41) is 17.5. The molecule has 4 heteroatoms. The second kappa shape index (κ2) is 6.45. The van der Waals surface area contributed by atoms with Crippen LogP contribution in [0.4, 0.5) is 0 Å². The Hall–Kier alpha value is -3.30. The molecule has 0 aliphatic rings. The van der Waals surface area contributed by atoms with E-state index in [1.807, 2.05) is 48.5 Å². The maximum Gasteiger partial charge on any atom is 0.116 e. The zero-order valence-electron chi connectivity index (χ0n) is 14.3. The minimum Gasteiger partial charge on any atom is -0.128 e. The van der Waals surface area contributed by atoms with E-state index in [-0.39, 0.29) is 0 Å². The van der Waals surface area contributed by atoms with Crippen LogP contribution >= 0.6 is 11.6 Å². The third-order valence-corrected chi connectivity index (χ3v) is 5.15. The average Bonchev–Trinajstić information content (AvgIpc) is 2.73. The summed E-state index contributed by atoms with van der Waals surface area (Å²) in [6, 6.07) is 28.6. The molecule has 128 valence electrons. The maximum absolute atomic E-state index is 6.81. The van der Waals surface area contributed by atoms with Gasteiger partial charge in [0.05, 0.1) is 5.02 Å².